The molecule has 3 fully saturated rings. The molecular weight excluding hydrogens is 380 g/mol. The van der Waals surface area contributed by atoms with Crippen molar-refractivity contribution in [2.75, 3.05) is 37.6 Å². The summed E-state index contributed by atoms with van der Waals surface area (Å²) in [5.74, 6) is -0.421. The zero-order chi connectivity index (χ0) is 19.7. The van der Waals surface area contributed by atoms with Crippen LogP contribution in [-0.2, 0) is 9.59 Å². The molecule has 0 aromatic heterocycles. The molecule has 0 bridgehead atoms. The fourth-order valence-electron chi connectivity index (χ4n) is 4.45. The predicted molar refractivity (Wildman–Crippen MR) is 106 cm³/mol. The van der Waals surface area contributed by atoms with Crippen molar-refractivity contribution in [3.05, 3.63) is 29.3 Å². The van der Waals surface area contributed by atoms with Crippen molar-refractivity contribution in [1.29, 1.82) is 0 Å². The van der Waals surface area contributed by atoms with Gasteiger partial charge in [-0.25, -0.2) is 4.79 Å². The number of hydrogen-bond acceptors (Lipinski definition) is 4. The summed E-state index contributed by atoms with van der Waals surface area (Å²) in [6, 6.07) is 7.22. The lowest BCUT2D eigenvalue weighted by atomic mass is 9.82. The van der Waals surface area contributed by atoms with Gasteiger partial charge in [-0.05, 0) is 25.0 Å². The lowest BCUT2D eigenvalue weighted by molar-refractivity contribution is -0.139. The average Bonchev–Trinajstić information content (AvgIpc) is 2.93. The minimum absolute atomic E-state index is 0.182. The van der Waals surface area contributed by atoms with E-state index in [1.54, 1.807) is 4.90 Å². The van der Waals surface area contributed by atoms with Gasteiger partial charge in [-0.2, -0.15) is 0 Å². The molecule has 1 aromatic carbocycles. The normalized spacial score (nSPS) is 22.0. The van der Waals surface area contributed by atoms with Gasteiger partial charge in [0, 0.05) is 26.2 Å². The van der Waals surface area contributed by atoms with E-state index in [1.165, 1.54) is 0 Å². The Bertz CT molecular complexity index is 785. The number of amides is 4. The highest BCUT2D eigenvalue weighted by molar-refractivity contribution is 6.33. The molecule has 2 saturated heterocycles. The first-order chi connectivity index (χ1) is 13.5. The quantitative estimate of drug-likeness (QED) is 0.784. The van der Waals surface area contributed by atoms with E-state index in [4.69, 9.17) is 11.6 Å². The summed E-state index contributed by atoms with van der Waals surface area (Å²) in [6.45, 7) is 2.23. The van der Waals surface area contributed by atoms with Crippen LogP contribution in [0.25, 0.3) is 0 Å². The van der Waals surface area contributed by atoms with E-state index >= 15 is 0 Å². The van der Waals surface area contributed by atoms with Crippen LogP contribution in [0.4, 0.5) is 10.5 Å². The Kier molecular flexibility index (Phi) is 5.19. The molecule has 4 amide bonds. The predicted octanol–water partition coefficient (Wildman–Crippen LogP) is 2.24. The molecule has 2 aliphatic heterocycles. The van der Waals surface area contributed by atoms with Crippen LogP contribution in [0.5, 0.6) is 0 Å². The van der Waals surface area contributed by atoms with Gasteiger partial charge in [-0.15, -0.1) is 0 Å². The van der Waals surface area contributed by atoms with Crippen LogP contribution in [0.3, 0.4) is 0 Å². The Morgan fingerprint density at radius 3 is 2.39 bits per heavy atom. The molecule has 1 aliphatic carbocycles. The Balaban J connectivity index is 1.35. The third-order valence-corrected chi connectivity index (χ3v) is 6.39. The molecule has 1 N–H and O–H groups in total. The van der Waals surface area contributed by atoms with Gasteiger partial charge in [0.1, 0.15) is 12.1 Å². The molecule has 0 radical (unpaired) electrons. The number of halogens is 1. The molecule has 150 valence electrons. The van der Waals surface area contributed by atoms with Crippen molar-refractivity contribution in [2.45, 2.75) is 37.6 Å². The number of hydrogen-bond donors (Lipinski definition) is 1. The number of imide groups is 1. The Labute approximate surface area is 169 Å². The highest BCUT2D eigenvalue weighted by Gasteiger charge is 2.51. The monoisotopic (exact) mass is 404 g/mol. The fourth-order valence-corrected chi connectivity index (χ4v) is 4.71. The lowest BCUT2D eigenvalue weighted by Crippen LogP contribution is -2.52. The second-order valence-corrected chi connectivity index (χ2v) is 8.19. The number of rotatable bonds is 3. The molecule has 1 spiro atoms. The van der Waals surface area contributed by atoms with Crippen LogP contribution in [-0.4, -0.2) is 65.9 Å². The highest BCUT2D eigenvalue weighted by atomic mass is 35.5. The summed E-state index contributed by atoms with van der Waals surface area (Å²) < 4.78 is 0. The van der Waals surface area contributed by atoms with E-state index in [0.29, 0.717) is 44.0 Å². The number of piperazine rings is 1. The average molecular weight is 405 g/mol. The van der Waals surface area contributed by atoms with Crippen molar-refractivity contribution >= 4 is 35.1 Å². The molecule has 7 nitrogen and oxygen atoms in total. The van der Waals surface area contributed by atoms with Crippen LogP contribution in [0.1, 0.15) is 32.1 Å². The maximum absolute atomic E-state index is 12.8. The molecule has 0 atom stereocenters. The largest absolute Gasteiger partial charge is 0.367 e. The molecule has 1 aromatic rings. The number of anilines is 1. The van der Waals surface area contributed by atoms with Gasteiger partial charge in [0.2, 0.25) is 5.91 Å². The lowest BCUT2D eigenvalue weighted by Gasteiger charge is -2.37. The summed E-state index contributed by atoms with van der Waals surface area (Å²) in [5, 5.41) is 3.55. The minimum atomic E-state index is -0.779. The summed E-state index contributed by atoms with van der Waals surface area (Å²) in [5.41, 5.74) is 0.183. The molecule has 3 aliphatic rings. The number of carbonyl (C=O) groups is 3. The van der Waals surface area contributed by atoms with Gasteiger partial charge < -0.3 is 15.1 Å². The van der Waals surface area contributed by atoms with Crippen LogP contribution in [0.15, 0.2) is 24.3 Å². The van der Waals surface area contributed by atoms with Crippen LogP contribution in [0.2, 0.25) is 5.02 Å². The molecule has 2 heterocycles. The van der Waals surface area contributed by atoms with Crippen LogP contribution >= 0.6 is 11.6 Å². The Morgan fingerprint density at radius 1 is 1.04 bits per heavy atom. The van der Waals surface area contributed by atoms with Crippen molar-refractivity contribution in [3.63, 3.8) is 0 Å². The van der Waals surface area contributed by atoms with E-state index in [2.05, 4.69) is 10.2 Å². The Morgan fingerprint density at radius 2 is 1.71 bits per heavy atom. The minimum Gasteiger partial charge on any atom is -0.367 e. The van der Waals surface area contributed by atoms with Crippen LogP contribution in [0, 0.1) is 0 Å². The topological polar surface area (TPSA) is 73.0 Å². The molecular formula is C20H25ClN4O3. The van der Waals surface area contributed by atoms with Crippen molar-refractivity contribution in [1.82, 2.24) is 15.1 Å². The number of nitrogens with one attached hydrogen (secondary N) is 1. The van der Waals surface area contributed by atoms with E-state index in [9.17, 15) is 14.4 Å². The maximum Gasteiger partial charge on any atom is 0.325 e. The fraction of sp³-hybridized carbons (Fsp3) is 0.550. The number of carbonyl (C=O) groups excluding carboxylic acids is 3. The van der Waals surface area contributed by atoms with E-state index in [-0.39, 0.29) is 18.4 Å². The molecule has 8 heteroatoms. The first-order valence-corrected chi connectivity index (χ1v) is 10.3. The second kappa shape index (κ2) is 7.62. The van der Waals surface area contributed by atoms with Crippen molar-refractivity contribution in [3.8, 4) is 0 Å². The molecule has 1 saturated carbocycles. The maximum atomic E-state index is 12.8. The van der Waals surface area contributed by atoms with E-state index in [0.717, 1.165) is 29.8 Å². The smallest absolute Gasteiger partial charge is 0.325 e. The second-order valence-electron chi connectivity index (χ2n) is 7.78. The van der Waals surface area contributed by atoms with Gasteiger partial charge in [0.05, 0.1) is 10.7 Å². The first kappa shape index (κ1) is 19.1. The SMILES string of the molecule is O=C(CN1C(=O)NC2(CCCCC2)C1=O)N1CCN(c2ccccc2Cl)CC1. The van der Waals surface area contributed by atoms with Gasteiger partial charge in [0.25, 0.3) is 5.91 Å². The number of benzene rings is 1. The summed E-state index contributed by atoms with van der Waals surface area (Å²) >= 11 is 6.26. The van der Waals surface area contributed by atoms with Crippen molar-refractivity contribution in [2.24, 2.45) is 0 Å². The number of para-hydroxylation sites is 1. The molecule has 4 rings (SSSR count). The third kappa shape index (κ3) is 3.43. The van der Waals surface area contributed by atoms with E-state index < -0.39 is 11.6 Å². The van der Waals surface area contributed by atoms with Crippen molar-refractivity contribution < 1.29 is 14.4 Å². The highest BCUT2D eigenvalue weighted by Crippen LogP contribution is 2.33. The molecule has 0 unspecified atom stereocenters. The summed E-state index contributed by atoms with van der Waals surface area (Å²) in [7, 11) is 0. The first-order valence-electron chi connectivity index (χ1n) is 9.91. The number of urea groups is 1. The van der Waals surface area contributed by atoms with Gasteiger partial charge in [-0.1, -0.05) is 43.0 Å². The van der Waals surface area contributed by atoms with E-state index in [1.807, 2.05) is 24.3 Å². The molecule has 28 heavy (non-hydrogen) atoms. The number of nitrogens with zero attached hydrogens (tertiary/aromatic N) is 3. The van der Waals surface area contributed by atoms with Gasteiger partial charge >= 0.3 is 6.03 Å². The summed E-state index contributed by atoms with van der Waals surface area (Å²) in [6.07, 6.45) is 4.27. The zero-order valence-electron chi connectivity index (χ0n) is 15.8. The van der Waals surface area contributed by atoms with Gasteiger partial charge in [0.15, 0.2) is 0 Å². The zero-order valence-corrected chi connectivity index (χ0v) is 16.6. The van der Waals surface area contributed by atoms with Gasteiger partial charge in [-0.3, -0.25) is 14.5 Å². The Hall–Kier alpha value is -2.28. The summed E-state index contributed by atoms with van der Waals surface area (Å²) in [4.78, 5) is 42.9. The van der Waals surface area contributed by atoms with Crippen LogP contribution < -0.4 is 10.2 Å². The third-order valence-electron chi connectivity index (χ3n) is 6.07. The standard InChI is InChI=1S/C20H25ClN4O3/c21-15-6-2-3-7-16(15)23-10-12-24(13-11-23)17(26)14-25-18(27)20(22-19(25)28)8-4-1-5-9-20/h2-3,6-7H,1,4-5,8-14H2,(H,22,28).